The monoisotopic (exact) mass is 644 g/mol. The summed E-state index contributed by atoms with van der Waals surface area (Å²) in [6, 6.07) is 15.3. The summed E-state index contributed by atoms with van der Waals surface area (Å²) < 4.78 is 11.6. The molecule has 0 saturated carbocycles. The summed E-state index contributed by atoms with van der Waals surface area (Å²) in [5, 5.41) is 17.5. The molecule has 1 aliphatic rings. The first-order valence-corrected chi connectivity index (χ1v) is 14.9. The summed E-state index contributed by atoms with van der Waals surface area (Å²) in [7, 11) is 1.64. The molecule has 1 unspecified atom stereocenters. The molecule has 2 aromatic carbocycles. The van der Waals surface area contributed by atoms with E-state index in [4.69, 9.17) is 14.6 Å². The van der Waals surface area contributed by atoms with Gasteiger partial charge in [-0.3, -0.25) is 0 Å². The van der Waals surface area contributed by atoms with Gasteiger partial charge in [-0.25, -0.2) is 0 Å². The third kappa shape index (κ3) is 15.0. The number of hydrogen-bond donors (Lipinski definition) is 4. The molecule has 0 radical (unpaired) electrons. The minimum Gasteiger partial charge on any atom is -0.496 e. The predicted octanol–water partition coefficient (Wildman–Crippen LogP) is 2.96. The van der Waals surface area contributed by atoms with E-state index in [1.165, 1.54) is 25.3 Å². The maximum atomic E-state index is 12.2. The van der Waals surface area contributed by atoms with Crippen molar-refractivity contribution in [2.75, 3.05) is 26.8 Å². The standard InChI is InChI=1S/C25H33N2O3.C6H8NO3.Nb/c1-29-24-13-12-23(30-16-14-21-10-6-15-26-18-21)17-22(24)19-27-25(28)11-5-9-20-7-3-2-4-8-20;1-5(10)7-6(4-9)2-3-8;/h2-4,7-8,11-13,17,21,26H,5-6,9-10,14-16,18-19H2,1H3,(H,27,28);6,8H,2H2,1H3,(H,7,10);/q2*-1;/t;6-;/m.0./s1. The van der Waals surface area contributed by atoms with Crippen LogP contribution >= 0.6 is 0 Å². The van der Waals surface area contributed by atoms with E-state index < -0.39 is 6.04 Å². The number of benzene rings is 2. The van der Waals surface area contributed by atoms with Crippen molar-refractivity contribution in [2.24, 2.45) is 5.92 Å². The number of carbonyl (C=O) groups excluding carboxylic acids is 3. The van der Waals surface area contributed by atoms with Gasteiger partial charge in [0.25, 0.3) is 0 Å². The molecule has 1 heterocycles. The average Bonchev–Trinajstić information content (AvgIpc) is 2.97. The number of nitrogens with one attached hydrogen (secondary N) is 3. The third-order valence-corrected chi connectivity index (χ3v) is 6.86. The summed E-state index contributed by atoms with van der Waals surface area (Å²) in [6.45, 7) is 4.64. The number of aliphatic hydroxyl groups excluding tert-OH is 1. The fourth-order valence-corrected chi connectivity index (χ4v) is 4.76. The largest absolute Gasteiger partial charge is 0.496 e. The summed E-state index contributed by atoms with van der Waals surface area (Å²) in [6.07, 6.45) is 8.62. The van der Waals surface area contributed by atoms with Crippen LogP contribution in [-0.4, -0.2) is 60.0 Å². The average molecular weight is 645 g/mol. The zero-order valence-electron chi connectivity index (χ0n) is 23.9. The van der Waals surface area contributed by atoms with Crippen LogP contribution in [0.1, 0.15) is 50.2 Å². The van der Waals surface area contributed by atoms with E-state index in [1.807, 2.05) is 36.4 Å². The van der Waals surface area contributed by atoms with Gasteiger partial charge in [-0.1, -0.05) is 42.3 Å². The van der Waals surface area contributed by atoms with Crippen molar-refractivity contribution in [2.45, 2.75) is 58.0 Å². The van der Waals surface area contributed by atoms with Crippen LogP contribution in [0.5, 0.6) is 11.5 Å². The Hall–Kier alpha value is -2.95. The minimum atomic E-state index is -0.712. The predicted molar refractivity (Wildman–Crippen MR) is 154 cm³/mol. The molecule has 1 fully saturated rings. The Kier molecular flexibility index (Phi) is 16.7. The number of methoxy groups -OCH3 is 1. The fraction of sp³-hybridized carbons (Fsp3) is 0.452. The zero-order chi connectivity index (χ0) is 29.9. The summed E-state index contributed by atoms with van der Waals surface area (Å²) in [4.78, 5) is 32.7. The molecule has 223 valence electrons. The molecule has 2 amide bonds. The summed E-state index contributed by atoms with van der Waals surface area (Å²) in [5.74, 6) is 1.90. The summed E-state index contributed by atoms with van der Waals surface area (Å²) >= 11 is 1.12. The van der Waals surface area contributed by atoms with Crippen LogP contribution in [0.3, 0.4) is 0 Å². The molecule has 10 heteroatoms. The van der Waals surface area contributed by atoms with Gasteiger partial charge in [-0.15, -0.1) is 0 Å². The second kappa shape index (κ2) is 20.0. The molecule has 2 aromatic rings. The van der Waals surface area contributed by atoms with E-state index in [9.17, 15) is 14.4 Å². The number of ether oxygens (including phenoxy) is 2. The van der Waals surface area contributed by atoms with E-state index in [-0.39, 0.29) is 22.1 Å². The topological polar surface area (TPSA) is 126 Å². The molecule has 3 rings (SSSR count). The Morgan fingerprint density at radius 3 is 2.66 bits per heavy atom. The minimum absolute atomic E-state index is 0.0656. The maximum absolute atomic E-state index is 12.2. The van der Waals surface area contributed by atoms with Gasteiger partial charge in [0.1, 0.15) is 11.5 Å². The van der Waals surface area contributed by atoms with Crippen molar-refractivity contribution in [3.63, 3.8) is 0 Å². The van der Waals surface area contributed by atoms with Crippen LogP contribution in [0, 0.1) is 12.3 Å². The first kappa shape index (κ1) is 34.3. The second-order valence-electron chi connectivity index (χ2n) is 9.76. The number of amides is 2. The quantitative estimate of drug-likeness (QED) is 0.174. The smallest absolute Gasteiger partial charge is 0.124 e. The molecule has 1 aliphatic heterocycles. The van der Waals surface area contributed by atoms with Crippen molar-refractivity contribution in [3.05, 3.63) is 66.1 Å². The van der Waals surface area contributed by atoms with Crippen molar-refractivity contribution in [3.8, 4) is 11.5 Å². The molecular weight excluding hydrogens is 603 g/mol. The van der Waals surface area contributed by atoms with Gasteiger partial charge in [0.05, 0.1) is 19.6 Å². The molecule has 0 aromatic heterocycles. The molecular formula is C31H41N3NbO6-2. The number of piperidine rings is 1. The Bertz CT molecular complexity index is 1080. The Labute approximate surface area is 255 Å². The van der Waals surface area contributed by atoms with Gasteiger partial charge in [-0.2, -0.15) is 6.42 Å². The zero-order valence-corrected chi connectivity index (χ0v) is 26.1. The molecule has 0 spiro atoms. The molecule has 41 heavy (non-hydrogen) atoms. The van der Waals surface area contributed by atoms with Crippen LogP contribution in [0.25, 0.3) is 0 Å². The van der Waals surface area contributed by atoms with Gasteiger partial charge >= 0.3 is 76.1 Å². The number of hydrogen-bond acceptors (Lipinski definition) is 7. The third-order valence-electron chi connectivity index (χ3n) is 6.41. The van der Waals surface area contributed by atoms with Crippen LogP contribution in [-0.2, 0) is 47.9 Å². The van der Waals surface area contributed by atoms with Crippen LogP contribution < -0.4 is 25.4 Å². The van der Waals surface area contributed by atoms with Crippen molar-refractivity contribution in [1.82, 2.24) is 16.0 Å². The Morgan fingerprint density at radius 2 is 2.02 bits per heavy atom. The van der Waals surface area contributed by atoms with E-state index in [1.54, 1.807) is 19.8 Å². The Balaban J connectivity index is 0.000000454. The Morgan fingerprint density at radius 1 is 1.24 bits per heavy atom. The van der Waals surface area contributed by atoms with Crippen molar-refractivity contribution in [1.29, 1.82) is 0 Å². The van der Waals surface area contributed by atoms with Crippen molar-refractivity contribution >= 4 is 22.0 Å². The molecule has 4 N–H and O–H groups in total. The van der Waals surface area contributed by atoms with Gasteiger partial charge in [0.15, 0.2) is 0 Å². The van der Waals surface area contributed by atoms with E-state index in [0.29, 0.717) is 25.5 Å². The van der Waals surface area contributed by atoms with Crippen LogP contribution in [0.2, 0.25) is 0 Å². The molecule has 0 bridgehead atoms. The van der Waals surface area contributed by atoms with Gasteiger partial charge < -0.3 is 31.3 Å². The molecule has 1 saturated heterocycles. The SMILES string of the molecule is CC(=O)N[C@H]([C-]=O)C[C](O)=[Nb].COc1ccc(OCCC2CCCNC2)cc1CNC(=O)[CH-]CCc1ccccc1. The van der Waals surface area contributed by atoms with E-state index >= 15 is 0 Å². The van der Waals surface area contributed by atoms with E-state index in [0.717, 1.165) is 63.6 Å². The molecule has 9 nitrogen and oxygen atoms in total. The van der Waals surface area contributed by atoms with Gasteiger partial charge in [0.2, 0.25) is 0 Å². The fourth-order valence-electron chi connectivity index (χ4n) is 4.32. The molecule has 2 atom stereocenters. The molecule has 0 aliphatic carbocycles. The van der Waals surface area contributed by atoms with Gasteiger partial charge in [-0.05, 0) is 56.5 Å². The summed E-state index contributed by atoms with van der Waals surface area (Å²) in [5.41, 5.74) is 2.15. The van der Waals surface area contributed by atoms with E-state index in [2.05, 4.69) is 28.1 Å². The van der Waals surface area contributed by atoms with Crippen LogP contribution in [0.4, 0.5) is 0 Å². The maximum Gasteiger partial charge on any atom is 0.124 e. The second-order valence-corrected chi connectivity index (χ2v) is 11.0. The number of rotatable bonds is 15. The first-order valence-electron chi connectivity index (χ1n) is 13.8. The first-order chi connectivity index (χ1) is 19.8. The van der Waals surface area contributed by atoms with Crippen LogP contribution in [0.15, 0.2) is 48.5 Å². The van der Waals surface area contributed by atoms with Gasteiger partial charge in [0, 0.05) is 12.1 Å². The normalized spacial score (nSPS) is 14.8. The number of aliphatic hydroxyl groups is 1. The number of carbonyl (C=O) groups is 2. The van der Waals surface area contributed by atoms with Crippen molar-refractivity contribution < 1.29 is 49.6 Å². The number of aryl methyl sites for hydroxylation is 1.